The molecule has 0 saturated heterocycles. The summed E-state index contributed by atoms with van der Waals surface area (Å²) in [4.78, 5) is 2.32. The number of nitrogens with zero attached hydrogens (tertiary/aromatic N) is 1. The summed E-state index contributed by atoms with van der Waals surface area (Å²) in [6, 6.07) is 0.537. The largest absolute Gasteiger partial charge is 0.478 e. The van der Waals surface area contributed by atoms with Crippen molar-refractivity contribution in [3.8, 4) is 0 Å². The average molecular weight is 317 g/mol. The summed E-state index contributed by atoms with van der Waals surface area (Å²) >= 11 is 2.40. The van der Waals surface area contributed by atoms with Crippen LogP contribution in [0.15, 0.2) is 35.6 Å². The van der Waals surface area contributed by atoms with Gasteiger partial charge in [0.05, 0.1) is 0 Å². The number of alkyl halides is 1. The number of hydrogen-bond donors (Lipinski definition) is 0. The minimum Gasteiger partial charge on any atom is -0.478 e. The van der Waals surface area contributed by atoms with Gasteiger partial charge in [0.15, 0.2) is 0 Å². The van der Waals surface area contributed by atoms with Gasteiger partial charge >= 0.3 is 0 Å². The highest BCUT2D eigenvalue weighted by molar-refractivity contribution is 14.1. The van der Waals surface area contributed by atoms with E-state index in [2.05, 4.69) is 65.6 Å². The van der Waals surface area contributed by atoms with E-state index >= 15 is 0 Å². The van der Waals surface area contributed by atoms with Crippen molar-refractivity contribution in [3.63, 3.8) is 0 Å². The van der Waals surface area contributed by atoms with E-state index in [1.807, 2.05) is 0 Å². The van der Waals surface area contributed by atoms with Crippen LogP contribution >= 0.6 is 22.6 Å². The Morgan fingerprint density at radius 3 is 2.87 bits per heavy atom. The van der Waals surface area contributed by atoms with Crippen molar-refractivity contribution in [2.24, 2.45) is 0 Å². The normalized spacial score (nSPS) is 26.5. The standard InChI is InChI=1S/C12H16INO/c1-9(2)14-7-10-3-4-11(13)5-6-12(10)15-8-14/h3-6,9,11H,7-8H2,1-2H3. The first-order chi connectivity index (χ1) is 7.16. The third kappa shape index (κ3) is 2.64. The molecule has 1 unspecified atom stereocenters. The Kier molecular flexibility index (Phi) is 3.51. The molecule has 1 atom stereocenters. The van der Waals surface area contributed by atoms with Crippen LogP contribution in [0.2, 0.25) is 0 Å². The van der Waals surface area contributed by atoms with Crippen molar-refractivity contribution in [3.05, 3.63) is 35.6 Å². The topological polar surface area (TPSA) is 12.5 Å². The monoisotopic (exact) mass is 317 g/mol. The van der Waals surface area contributed by atoms with Crippen LogP contribution in [-0.4, -0.2) is 28.1 Å². The molecule has 0 N–H and O–H groups in total. The maximum atomic E-state index is 5.75. The van der Waals surface area contributed by atoms with Gasteiger partial charge in [0.25, 0.3) is 0 Å². The highest BCUT2D eigenvalue weighted by Gasteiger charge is 2.20. The van der Waals surface area contributed by atoms with Crippen LogP contribution in [0.4, 0.5) is 0 Å². The third-order valence-corrected chi connectivity index (χ3v) is 3.55. The molecule has 1 aliphatic carbocycles. The molecular formula is C12H16INO. The molecule has 0 amide bonds. The van der Waals surface area contributed by atoms with Gasteiger partial charge in [-0.3, -0.25) is 4.90 Å². The van der Waals surface area contributed by atoms with Gasteiger partial charge in [-0.2, -0.15) is 0 Å². The first-order valence-electron chi connectivity index (χ1n) is 5.27. The molecule has 0 saturated carbocycles. The lowest BCUT2D eigenvalue weighted by molar-refractivity contribution is 0.0441. The molecule has 15 heavy (non-hydrogen) atoms. The molecule has 82 valence electrons. The van der Waals surface area contributed by atoms with Crippen molar-refractivity contribution in [1.29, 1.82) is 0 Å². The zero-order valence-electron chi connectivity index (χ0n) is 9.11. The summed E-state index contributed by atoms with van der Waals surface area (Å²) in [5, 5.41) is 0. The van der Waals surface area contributed by atoms with Crippen LogP contribution in [0.25, 0.3) is 0 Å². The van der Waals surface area contributed by atoms with Crippen LogP contribution in [0, 0.1) is 0 Å². The molecule has 0 spiro atoms. The number of halogens is 1. The smallest absolute Gasteiger partial charge is 0.142 e. The number of ether oxygens (including phenoxy) is 1. The Morgan fingerprint density at radius 1 is 1.40 bits per heavy atom. The predicted molar refractivity (Wildman–Crippen MR) is 70.9 cm³/mol. The third-order valence-electron chi connectivity index (χ3n) is 2.72. The van der Waals surface area contributed by atoms with Crippen LogP contribution in [-0.2, 0) is 4.74 Å². The Bertz CT molecular complexity index is 331. The molecule has 2 nitrogen and oxygen atoms in total. The molecule has 2 rings (SSSR count). The van der Waals surface area contributed by atoms with Crippen molar-refractivity contribution in [1.82, 2.24) is 4.90 Å². The predicted octanol–water partition coefficient (Wildman–Crippen LogP) is 2.87. The molecule has 0 aromatic heterocycles. The Hall–Kier alpha value is -0.290. The molecule has 1 aliphatic heterocycles. The first-order valence-corrected chi connectivity index (χ1v) is 6.52. The molecule has 0 aromatic rings. The highest BCUT2D eigenvalue weighted by Crippen LogP contribution is 2.23. The molecule has 0 fully saturated rings. The summed E-state index contributed by atoms with van der Waals surface area (Å²) in [5.74, 6) is 1.04. The summed E-state index contributed by atoms with van der Waals surface area (Å²) in [6.07, 6.45) is 8.68. The van der Waals surface area contributed by atoms with Gasteiger partial charge in [-0.1, -0.05) is 40.8 Å². The van der Waals surface area contributed by atoms with E-state index in [9.17, 15) is 0 Å². The first kappa shape index (κ1) is 11.2. The lowest BCUT2D eigenvalue weighted by Crippen LogP contribution is -2.37. The summed E-state index contributed by atoms with van der Waals surface area (Å²) in [6.45, 7) is 6.11. The Morgan fingerprint density at radius 2 is 2.13 bits per heavy atom. The van der Waals surface area contributed by atoms with Crippen molar-refractivity contribution in [2.45, 2.75) is 23.8 Å². The number of rotatable bonds is 1. The van der Waals surface area contributed by atoms with E-state index in [1.54, 1.807) is 0 Å². The fourth-order valence-corrected chi connectivity index (χ4v) is 2.08. The lowest BCUT2D eigenvalue weighted by Gasteiger charge is -2.31. The summed E-state index contributed by atoms with van der Waals surface area (Å²) < 4.78 is 6.22. The van der Waals surface area contributed by atoms with E-state index in [1.165, 1.54) is 5.57 Å². The van der Waals surface area contributed by atoms with Crippen molar-refractivity contribution >= 4 is 22.6 Å². The molecule has 3 heteroatoms. The molecule has 2 aliphatic rings. The number of allylic oxidation sites excluding steroid dienone is 3. The highest BCUT2D eigenvalue weighted by atomic mass is 127. The van der Waals surface area contributed by atoms with E-state index in [4.69, 9.17) is 4.74 Å². The van der Waals surface area contributed by atoms with Gasteiger partial charge in [0, 0.05) is 22.1 Å². The SMILES string of the molecule is CC(C)N1COC2=C(C=CC(I)C=C2)C1. The molecule has 0 radical (unpaired) electrons. The maximum Gasteiger partial charge on any atom is 0.142 e. The van der Waals surface area contributed by atoms with Crippen molar-refractivity contribution < 1.29 is 4.74 Å². The lowest BCUT2D eigenvalue weighted by atomic mass is 10.1. The fourth-order valence-electron chi connectivity index (χ4n) is 1.66. The second kappa shape index (κ2) is 4.70. The minimum atomic E-state index is 0.476. The van der Waals surface area contributed by atoms with Crippen LogP contribution < -0.4 is 0 Å². The van der Waals surface area contributed by atoms with E-state index < -0.39 is 0 Å². The summed E-state index contributed by atoms with van der Waals surface area (Å²) in [5.41, 5.74) is 1.30. The van der Waals surface area contributed by atoms with Gasteiger partial charge in [-0.05, 0) is 19.9 Å². The van der Waals surface area contributed by atoms with Crippen LogP contribution in [0.3, 0.4) is 0 Å². The second-order valence-corrected chi connectivity index (χ2v) is 5.60. The van der Waals surface area contributed by atoms with E-state index in [0.717, 1.165) is 12.3 Å². The molecule has 0 bridgehead atoms. The molecule has 1 heterocycles. The zero-order valence-corrected chi connectivity index (χ0v) is 11.3. The van der Waals surface area contributed by atoms with Gasteiger partial charge in [-0.15, -0.1) is 0 Å². The Labute approximate surface area is 105 Å². The average Bonchev–Trinajstić information content (AvgIpc) is 2.40. The van der Waals surface area contributed by atoms with Gasteiger partial charge < -0.3 is 4.74 Å². The maximum absolute atomic E-state index is 5.75. The van der Waals surface area contributed by atoms with Gasteiger partial charge in [0.2, 0.25) is 0 Å². The molecule has 0 aromatic carbocycles. The van der Waals surface area contributed by atoms with Crippen LogP contribution in [0.5, 0.6) is 0 Å². The van der Waals surface area contributed by atoms with Crippen molar-refractivity contribution in [2.75, 3.05) is 13.3 Å². The quantitative estimate of drug-likeness (QED) is 0.545. The van der Waals surface area contributed by atoms with Crippen LogP contribution in [0.1, 0.15) is 13.8 Å². The van der Waals surface area contributed by atoms with Gasteiger partial charge in [-0.25, -0.2) is 0 Å². The van der Waals surface area contributed by atoms with E-state index in [-0.39, 0.29) is 0 Å². The zero-order chi connectivity index (χ0) is 10.8. The summed E-state index contributed by atoms with van der Waals surface area (Å²) in [7, 11) is 0. The van der Waals surface area contributed by atoms with Gasteiger partial charge in [0.1, 0.15) is 12.5 Å². The minimum absolute atomic E-state index is 0.476. The fraction of sp³-hybridized carbons (Fsp3) is 0.500. The second-order valence-electron chi connectivity index (χ2n) is 4.17. The van der Waals surface area contributed by atoms with E-state index in [0.29, 0.717) is 16.7 Å². The Balaban J connectivity index is 2.18. The molecular weight excluding hydrogens is 301 g/mol. The number of hydrogen-bond acceptors (Lipinski definition) is 2.